The Balaban J connectivity index is 1.66. The Bertz CT molecular complexity index is 844. The van der Waals surface area contributed by atoms with Gasteiger partial charge in [0.15, 0.2) is 0 Å². The maximum atomic E-state index is 12.5. The number of likely N-dealkylation sites (tertiary alicyclic amines) is 1. The van der Waals surface area contributed by atoms with E-state index in [1.165, 1.54) is 6.08 Å². The fourth-order valence-corrected chi connectivity index (χ4v) is 4.22. The second kappa shape index (κ2) is 7.08. The summed E-state index contributed by atoms with van der Waals surface area (Å²) in [4.78, 5) is 25.8. The van der Waals surface area contributed by atoms with Gasteiger partial charge < -0.3 is 10.2 Å². The maximum Gasteiger partial charge on any atom is 0.299 e. The Labute approximate surface area is 152 Å². The lowest BCUT2D eigenvalue weighted by Crippen LogP contribution is -2.40. The van der Waals surface area contributed by atoms with Crippen LogP contribution in [-0.2, 0) is 26.2 Å². The monoisotopic (exact) mass is 378 g/mol. The van der Waals surface area contributed by atoms with E-state index in [-0.39, 0.29) is 17.7 Å². The normalized spacial score (nSPS) is 17.7. The number of anilines is 2. The minimum atomic E-state index is -3.82. The van der Waals surface area contributed by atoms with E-state index in [2.05, 4.69) is 11.9 Å². The summed E-state index contributed by atoms with van der Waals surface area (Å²) in [5, 5.41) is 8.09. The average molecular weight is 378 g/mol. The van der Waals surface area contributed by atoms with Gasteiger partial charge >= 0.3 is 0 Å². The van der Waals surface area contributed by atoms with Gasteiger partial charge in [0, 0.05) is 31.2 Å². The second-order valence-corrected chi connectivity index (χ2v) is 7.97. The Hall–Kier alpha value is -2.39. The molecule has 0 radical (unpaired) electrons. The van der Waals surface area contributed by atoms with Crippen LogP contribution < -0.4 is 14.8 Å². The van der Waals surface area contributed by atoms with Crippen LogP contribution >= 0.6 is 0 Å². The number of rotatable bonds is 4. The zero-order valence-corrected chi connectivity index (χ0v) is 15.2. The van der Waals surface area contributed by atoms with Crippen molar-refractivity contribution < 1.29 is 18.0 Å². The summed E-state index contributed by atoms with van der Waals surface area (Å²) >= 11 is 0. The quantitative estimate of drug-likeness (QED) is 0.748. The van der Waals surface area contributed by atoms with E-state index in [0.717, 1.165) is 9.87 Å². The zero-order chi connectivity index (χ0) is 18.9. The van der Waals surface area contributed by atoms with E-state index < -0.39 is 10.2 Å². The molecule has 0 spiro atoms. The molecule has 2 amide bonds. The number of benzene rings is 1. The molecular formula is C17H22N4O4S. The molecule has 3 rings (SSSR count). The van der Waals surface area contributed by atoms with Crippen LogP contribution in [0, 0.1) is 5.92 Å². The molecule has 2 aliphatic heterocycles. The first-order chi connectivity index (χ1) is 12.3. The molecule has 0 bridgehead atoms. The summed E-state index contributed by atoms with van der Waals surface area (Å²) in [5.74, 6) is -0.437. The van der Waals surface area contributed by atoms with E-state index in [1.807, 2.05) is 6.07 Å². The molecule has 1 aromatic carbocycles. The number of hydrogen-bond donors (Lipinski definition) is 2. The van der Waals surface area contributed by atoms with Crippen LogP contribution in [-0.4, -0.2) is 44.8 Å². The molecule has 1 fully saturated rings. The van der Waals surface area contributed by atoms with Gasteiger partial charge in [0.05, 0.1) is 5.69 Å². The van der Waals surface area contributed by atoms with Crippen LogP contribution in [0.25, 0.3) is 0 Å². The van der Waals surface area contributed by atoms with Crippen LogP contribution in [0.1, 0.15) is 18.4 Å². The van der Waals surface area contributed by atoms with Gasteiger partial charge in [-0.2, -0.15) is 8.42 Å². The zero-order valence-electron chi connectivity index (χ0n) is 14.3. The van der Waals surface area contributed by atoms with E-state index >= 15 is 0 Å². The lowest BCUT2D eigenvalue weighted by Gasteiger charge is -2.30. The Morgan fingerprint density at radius 2 is 1.92 bits per heavy atom. The number of amides is 2. The van der Waals surface area contributed by atoms with Gasteiger partial charge in [0.2, 0.25) is 11.8 Å². The number of nitrogens with two attached hydrogens (primary N) is 1. The molecule has 9 heteroatoms. The summed E-state index contributed by atoms with van der Waals surface area (Å²) in [5.41, 5.74) is 1.93. The standard InChI is InChI=1S/C17H22N4O4S/c1-2-16(22)20-8-5-13(6-9-20)17(23)19-14-4-3-12-7-10-21(15(12)11-14)26(18,24)25/h2-4,11,13H,1,5-10H2,(H,19,23)(H2,18,24,25). The van der Waals surface area contributed by atoms with E-state index in [4.69, 9.17) is 5.14 Å². The largest absolute Gasteiger partial charge is 0.339 e. The molecular weight excluding hydrogens is 356 g/mol. The highest BCUT2D eigenvalue weighted by Crippen LogP contribution is 2.32. The van der Waals surface area contributed by atoms with Crippen LogP contribution in [0.3, 0.4) is 0 Å². The Morgan fingerprint density at radius 1 is 1.23 bits per heavy atom. The Kier molecular flexibility index (Phi) is 5.01. The van der Waals surface area contributed by atoms with Gasteiger partial charge in [-0.3, -0.25) is 13.9 Å². The molecule has 26 heavy (non-hydrogen) atoms. The van der Waals surface area contributed by atoms with Gasteiger partial charge in [-0.15, -0.1) is 0 Å². The van der Waals surface area contributed by atoms with Crippen molar-refractivity contribution in [3.63, 3.8) is 0 Å². The summed E-state index contributed by atoms with van der Waals surface area (Å²) in [6, 6.07) is 5.21. The average Bonchev–Trinajstić information content (AvgIpc) is 3.04. The van der Waals surface area contributed by atoms with E-state index in [0.29, 0.717) is 50.3 Å². The van der Waals surface area contributed by atoms with Crippen molar-refractivity contribution in [1.82, 2.24) is 4.90 Å². The van der Waals surface area contributed by atoms with Crippen LogP contribution in [0.2, 0.25) is 0 Å². The SMILES string of the molecule is C=CC(=O)N1CCC(C(=O)Nc2ccc3c(c2)N(S(N)(=O)=O)CC3)CC1. The molecule has 0 aromatic heterocycles. The third-order valence-corrected chi connectivity index (χ3v) is 5.86. The van der Waals surface area contributed by atoms with E-state index in [1.54, 1.807) is 17.0 Å². The molecule has 0 saturated carbocycles. The van der Waals surface area contributed by atoms with Gasteiger partial charge in [-0.25, -0.2) is 5.14 Å². The topological polar surface area (TPSA) is 113 Å². The Morgan fingerprint density at radius 3 is 2.54 bits per heavy atom. The highest BCUT2D eigenvalue weighted by atomic mass is 32.2. The fourth-order valence-electron chi connectivity index (χ4n) is 3.43. The number of carbonyl (C=O) groups is 2. The highest BCUT2D eigenvalue weighted by molar-refractivity contribution is 7.90. The van der Waals surface area contributed by atoms with Crippen molar-refractivity contribution in [1.29, 1.82) is 0 Å². The van der Waals surface area contributed by atoms with Gasteiger partial charge in [-0.1, -0.05) is 12.6 Å². The third-order valence-electron chi connectivity index (χ3n) is 4.86. The lowest BCUT2D eigenvalue weighted by atomic mass is 9.95. The molecule has 2 aliphatic rings. The number of carbonyl (C=O) groups excluding carboxylic acids is 2. The molecule has 140 valence electrons. The molecule has 1 saturated heterocycles. The molecule has 2 heterocycles. The van der Waals surface area contributed by atoms with Crippen molar-refractivity contribution in [2.45, 2.75) is 19.3 Å². The van der Waals surface area contributed by atoms with Crippen LogP contribution in [0.4, 0.5) is 11.4 Å². The maximum absolute atomic E-state index is 12.5. The first kappa shape index (κ1) is 18.4. The molecule has 0 aliphatic carbocycles. The van der Waals surface area contributed by atoms with Gasteiger partial charge in [-0.05, 0) is 43.0 Å². The van der Waals surface area contributed by atoms with Gasteiger partial charge in [0.25, 0.3) is 10.2 Å². The smallest absolute Gasteiger partial charge is 0.299 e. The minimum Gasteiger partial charge on any atom is -0.339 e. The predicted octanol–water partition coefficient (Wildman–Crippen LogP) is 0.616. The van der Waals surface area contributed by atoms with Crippen LogP contribution in [0.5, 0.6) is 0 Å². The molecule has 0 atom stereocenters. The molecule has 8 nitrogen and oxygen atoms in total. The number of fused-ring (bicyclic) bond motifs is 1. The van der Waals surface area contributed by atoms with Crippen molar-refractivity contribution in [3.8, 4) is 0 Å². The van der Waals surface area contributed by atoms with Gasteiger partial charge in [0.1, 0.15) is 0 Å². The molecule has 1 aromatic rings. The van der Waals surface area contributed by atoms with Crippen molar-refractivity contribution in [2.75, 3.05) is 29.3 Å². The predicted molar refractivity (Wildman–Crippen MR) is 98.7 cm³/mol. The van der Waals surface area contributed by atoms with Crippen molar-refractivity contribution in [3.05, 3.63) is 36.4 Å². The summed E-state index contributed by atoms with van der Waals surface area (Å²) in [6.45, 7) is 4.82. The first-order valence-corrected chi connectivity index (χ1v) is 9.95. The van der Waals surface area contributed by atoms with Crippen molar-refractivity contribution >= 4 is 33.4 Å². The summed E-state index contributed by atoms with van der Waals surface area (Å²) < 4.78 is 24.5. The molecule has 0 unspecified atom stereocenters. The minimum absolute atomic E-state index is 0.120. The van der Waals surface area contributed by atoms with E-state index in [9.17, 15) is 18.0 Å². The number of nitrogens with zero attached hydrogens (tertiary/aromatic N) is 2. The number of nitrogens with one attached hydrogen (secondary N) is 1. The number of hydrogen-bond acceptors (Lipinski definition) is 4. The summed E-state index contributed by atoms with van der Waals surface area (Å²) in [6.07, 6.45) is 3.04. The fraction of sp³-hybridized carbons (Fsp3) is 0.412. The lowest BCUT2D eigenvalue weighted by molar-refractivity contribution is -0.130. The summed E-state index contributed by atoms with van der Waals surface area (Å²) in [7, 11) is -3.82. The number of piperidine rings is 1. The molecule has 3 N–H and O–H groups in total. The second-order valence-electron chi connectivity index (χ2n) is 6.50. The highest BCUT2D eigenvalue weighted by Gasteiger charge is 2.29. The van der Waals surface area contributed by atoms with Crippen molar-refractivity contribution in [2.24, 2.45) is 11.1 Å². The first-order valence-electron chi connectivity index (χ1n) is 8.45. The van der Waals surface area contributed by atoms with Crippen LogP contribution in [0.15, 0.2) is 30.9 Å². The third kappa shape index (κ3) is 3.73.